The second-order valence-corrected chi connectivity index (χ2v) is 5.38. The van der Waals surface area contributed by atoms with Gasteiger partial charge in [0, 0.05) is 11.9 Å². The summed E-state index contributed by atoms with van der Waals surface area (Å²) in [5.74, 6) is -0.930. The fourth-order valence-electron chi connectivity index (χ4n) is 2.19. The van der Waals surface area contributed by atoms with E-state index in [0.29, 0.717) is 5.03 Å². The first-order valence-electron chi connectivity index (χ1n) is 6.09. The quantitative estimate of drug-likeness (QED) is 0.930. The molecule has 5 heteroatoms. The first-order chi connectivity index (χ1) is 9.24. The van der Waals surface area contributed by atoms with Crippen molar-refractivity contribution in [2.45, 2.75) is 29.3 Å². The van der Waals surface area contributed by atoms with Gasteiger partial charge in [0.05, 0.1) is 5.56 Å². The maximum absolute atomic E-state index is 11.3. The van der Waals surface area contributed by atoms with Gasteiger partial charge in [0.25, 0.3) is 0 Å². The highest BCUT2D eigenvalue weighted by Gasteiger charge is 2.20. The number of carboxylic acid groups (broad SMARTS) is 1. The molecule has 0 saturated carbocycles. The summed E-state index contributed by atoms with van der Waals surface area (Å²) in [6.45, 7) is 0. The van der Waals surface area contributed by atoms with E-state index in [1.54, 1.807) is 12.3 Å². The molecule has 0 aliphatic heterocycles. The monoisotopic (exact) mass is 272 g/mol. The normalized spacial score (nSPS) is 13.3. The number of aromatic nitrogens is 2. The molecule has 1 aliphatic carbocycles. The van der Waals surface area contributed by atoms with Crippen LogP contribution in [0.25, 0.3) is 0 Å². The van der Waals surface area contributed by atoms with Gasteiger partial charge in [0.1, 0.15) is 10.1 Å². The molecule has 2 aromatic heterocycles. The molecular weight excluding hydrogens is 260 g/mol. The van der Waals surface area contributed by atoms with Crippen LogP contribution in [0.2, 0.25) is 0 Å². The second kappa shape index (κ2) is 5.01. The molecule has 0 spiro atoms. The number of hydrogen-bond donors (Lipinski definition) is 1. The smallest absolute Gasteiger partial charge is 0.338 e. The molecular formula is C14H12N2O2S. The molecule has 0 radical (unpaired) electrons. The number of aromatic carboxylic acids is 1. The zero-order valence-electron chi connectivity index (χ0n) is 10.2. The summed E-state index contributed by atoms with van der Waals surface area (Å²) in [5.41, 5.74) is 2.38. The van der Waals surface area contributed by atoms with Crippen molar-refractivity contribution in [1.29, 1.82) is 0 Å². The summed E-state index contributed by atoms with van der Waals surface area (Å²) in [4.78, 5) is 20.0. The van der Waals surface area contributed by atoms with Crippen LogP contribution in [0.4, 0.5) is 0 Å². The number of rotatable bonds is 3. The number of carbonyl (C=O) groups is 1. The SMILES string of the molecule is O=C(O)c1cc2c(nc1Sc1ccccn1)CCC2. The van der Waals surface area contributed by atoms with Crippen LogP contribution in [0.1, 0.15) is 28.0 Å². The molecule has 0 aromatic carbocycles. The molecule has 0 unspecified atom stereocenters. The molecule has 96 valence electrons. The summed E-state index contributed by atoms with van der Waals surface area (Å²) < 4.78 is 0. The predicted molar refractivity (Wildman–Crippen MR) is 71.6 cm³/mol. The third kappa shape index (κ3) is 2.46. The van der Waals surface area contributed by atoms with Gasteiger partial charge < -0.3 is 5.11 Å². The van der Waals surface area contributed by atoms with E-state index >= 15 is 0 Å². The summed E-state index contributed by atoms with van der Waals surface area (Å²) in [6.07, 6.45) is 4.61. The lowest BCUT2D eigenvalue weighted by Gasteiger charge is -2.07. The maximum atomic E-state index is 11.3. The third-order valence-corrected chi connectivity index (χ3v) is 4.04. The third-order valence-electron chi connectivity index (χ3n) is 3.09. The maximum Gasteiger partial charge on any atom is 0.338 e. The molecule has 1 N–H and O–H groups in total. The van der Waals surface area contributed by atoms with Crippen molar-refractivity contribution >= 4 is 17.7 Å². The van der Waals surface area contributed by atoms with E-state index in [1.165, 1.54) is 11.8 Å². The Balaban J connectivity index is 2.02. The summed E-state index contributed by atoms with van der Waals surface area (Å²) in [7, 11) is 0. The van der Waals surface area contributed by atoms with Gasteiger partial charge in [-0.05, 0) is 54.8 Å². The largest absolute Gasteiger partial charge is 0.478 e. The van der Waals surface area contributed by atoms with E-state index in [0.717, 1.165) is 35.5 Å². The number of hydrogen-bond acceptors (Lipinski definition) is 4. The van der Waals surface area contributed by atoms with Crippen molar-refractivity contribution in [1.82, 2.24) is 9.97 Å². The highest BCUT2D eigenvalue weighted by Crippen LogP contribution is 2.31. The zero-order valence-corrected chi connectivity index (χ0v) is 11.0. The minimum Gasteiger partial charge on any atom is -0.478 e. The van der Waals surface area contributed by atoms with Crippen LogP contribution in [0.15, 0.2) is 40.5 Å². The molecule has 1 aliphatic rings. The molecule has 2 aromatic rings. The van der Waals surface area contributed by atoms with E-state index in [2.05, 4.69) is 9.97 Å². The Hall–Kier alpha value is -1.88. The molecule has 0 atom stereocenters. The molecule has 19 heavy (non-hydrogen) atoms. The van der Waals surface area contributed by atoms with E-state index < -0.39 is 5.97 Å². The minimum atomic E-state index is -0.930. The van der Waals surface area contributed by atoms with Crippen LogP contribution in [0, 0.1) is 0 Å². The van der Waals surface area contributed by atoms with E-state index in [-0.39, 0.29) is 5.56 Å². The average molecular weight is 272 g/mol. The van der Waals surface area contributed by atoms with Crippen molar-refractivity contribution in [3.05, 3.63) is 47.3 Å². The lowest BCUT2D eigenvalue weighted by molar-refractivity contribution is 0.0692. The highest BCUT2D eigenvalue weighted by atomic mass is 32.2. The van der Waals surface area contributed by atoms with E-state index in [1.807, 2.05) is 18.2 Å². The minimum absolute atomic E-state index is 0.274. The molecule has 0 amide bonds. The van der Waals surface area contributed by atoms with Gasteiger partial charge in [-0.25, -0.2) is 14.8 Å². The molecule has 0 bridgehead atoms. The van der Waals surface area contributed by atoms with Crippen molar-refractivity contribution in [2.24, 2.45) is 0 Å². The van der Waals surface area contributed by atoms with Gasteiger partial charge in [-0.2, -0.15) is 0 Å². The Morgan fingerprint density at radius 2 is 2.21 bits per heavy atom. The Morgan fingerprint density at radius 1 is 1.32 bits per heavy atom. The molecule has 2 heterocycles. The Morgan fingerprint density at radius 3 is 2.95 bits per heavy atom. The Bertz CT molecular complexity index is 629. The highest BCUT2D eigenvalue weighted by molar-refractivity contribution is 7.99. The standard InChI is InChI=1S/C14H12N2O2S/c17-14(18)10-8-9-4-3-5-11(9)16-13(10)19-12-6-1-2-7-15-12/h1-2,6-8H,3-5H2,(H,17,18). The number of nitrogens with zero attached hydrogens (tertiary/aromatic N) is 2. The summed E-state index contributed by atoms with van der Waals surface area (Å²) in [5, 5.41) is 10.6. The summed E-state index contributed by atoms with van der Waals surface area (Å²) in [6, 6.07) is 7.33. The fraction of sp³-hybridized carbons (Fsp3) is 0.214. The Labute approximate surface area is 114 Å². The number of carboxylic acids is 1. The first kappa shape index (κ1) is 12.2. The second-order valence-electron chi connectivity index (χ2n) is 4.38. The number of fused-ring (bicyclic) bond motifs is 1. The van der Waals surface area contributed by atoms with Crippen LogP contribution in [0.5, 0.6) is 0 Å². The lowest BCUT2D eigenvalue weighted by atomic mass is 10.1. The van der Waals surface area contributed by atoms with Crippen molar-refractivity contribution in [3.63, 3.8) is 0 Å². The number of pyridine rings is 2. The van der Waals surface area contributed by atoms with Crippen molar-refractivity contribution in [3.8, 4) is 0 Å². The van der Waals surface area contributed by atoms with Crippen molar-refractivity contribution < 1.29 is 9.90 Å². The van der Waals surface area contributed by atoms with Gasteiger partial charge in [-0.3, -0.25) is 0 Å². The summed E-state index contributed by atoms with van der Waals surface area (Å²) >= 11 is 1.31. The molecule has 4 nitrogen and oxygen atoms in total. The van der Waals surface area contributed by atoms with Crippen LogP contribution in [-0.4, -0.2) is 21.0 Å². The van der Waals surface area contributed by atoms with Gasteiger partial charge in [0.15, 0.2) is 0 Å². The van der Waals surface area contributed by atoms with Gasteiger partial charge in [0.2, 0.25) is 0 Å². The first-order valence-corrected chi connectivity index (χ1v) is 6.90. The van der Waals surface area contributed by atoms with E-state index in [9.17, 15) is 9.90 Å². The van der Waals surface area contributed by atoms with Gasteiger partial charge in [-0.15, -0.1) is 0 Å². The topological polar surface area (TPSA) is 63.1 Å². The van der Waals surface area contributed by atoms with Gasteiger partial charge in [-0.1, -0.05) is 6.07 Å². The fourth-order valence-corrected chi connectivity index (χ4v) is 3.06. The average Bonchev–Trinajstić information content (AvgIpc) is 2.86. The van der Waals surface area contributed by atoms with Crippen molar-refractivity contribution in [2.75, 3.05) is 0 Å². The van der Waals surface area contributed by atoms with E-state index in [4.69, 9.17) is 0 Å². The lowest BCUT2D eigenvalue weighted by Crippen LogP contribution is -2.04. The number of aryl methyl sites for hydroxylation is 2. The molecule has 3 rings (SSSR count). The Kier molecular flexibility index (Phi) is 3.21. The molecule has 0 fully saturated rings. The predicted octanol–water partition coefficient (Wildman–Crippen LogP) is 2.81. The van der Waals surface area contributed by atoms with Crippen LogP contribution < -0.4 is 0 Å². The van der Waals surface area contributed by atoms with Crippen LogP contribution >= 0.6 is 11.8 Å². The molecule has 0 saturated heterocycles. The van der Waals surface area contributed by atoms with Crippen LogP contribution in [-0.2, 0) is 12.8 Å². The zero-order chi connectivity index (χ0) is 13.2. The van der Waals surface area contributed by atoms with Gasteiger partial charge >= 0.3 is 5.97 Å². The van der Waals surface area contributed by atoms with Crippen LogP contribution in [0.3, 0.4) is 0 Å².